The molecule has 0 fully saturated rings. The highest BCUT2D eigenvalue weighted by Crippen LogP contribution is 2.35. The Kier molecular flexibility index (Phi) is 4.16. The molecule has 0 aliphatic heterocycles. The van der Waals surface area contributed by atoms with Crippen LogP contribution in [0.4, 0.5) is 4.39 Å². The molecule has 2 rings (SSSR count). The largest absolute Gasteiger partial charge is 0.496 e. The summed E-state index contributed by atoms with van der Waals surface area (Å²) in [5.74, 6) is 0.283. The smallest absolute Gasteiger partial charge is 0.143 e. The van der Waals surface area contributed by atoms with Crippen LogP contribution in [0.15, 0.2) is 40.9 Å². The molecular weight excluding hydrogens is 323 g/mol. The van der Waals surface area contributed by atoms with E-state index in [0.29, 0.717) is 10.0 Å². The van der Waals surface area contributed by atoms with E-state index in [0.717, 1.165) is 11.3 Å². The normalized spacial score (nSPS) is 13.9. The minimum absolute atomic E-state index is 0.233. The number of aliphatic hydroxyl groups is 1. The average Bonchev–Trinajstić information content (AvgIpc) is 2.41. The van der Waals surface area contributed by atoms with Crippen LogP contribution in [0.5, 0.6) is 5.75 Å². The van der Waals surface area contributed by atoms with Crippen molar-refractivity contribution in [1.29, 1.82) is 0 Å². The van der Waals surface area contributed by atoms with Gasteiger partial charge in [-0.25, -0.2) is 4.39 Å². The van der Waals surface area contributed by atoms with Gasteiger partial charge in [0.1, 0.15) is 17.2 Å². The molecule has 0 radical (unpaired) electrons. The Morgan fingerprint density at radius 1 is 1.25 bits per heavy atom. The fourth-order valence-corrected chi connectivity index (χ4v) is 2.58. The maximum atomic E-state index is 14.2. The van der Waals surface area contributed by atoms with Crippen LogP contribution in [0, 0.1) is 12.7 Å². The Morgan fingerprint density at radius 3 is 2.55 bits per heavy atom. The van der Waals surface area contributed by atoms with Gasteiger partial charge in [0, 0.05) is 5.56 Å². The molecule has 0 bridgehead atoms. The first-order valence-electron chi connectivity index (χ1n) is 6.20. The van der Waals surface area contributed by atoms with E-state index in [-0.39, 0.29) is 5.56 Å². The highest BCUT2D eigenvalue weighted by Gasteiger charge is 2.30. The summed E-state index contributed by atoms with van der Waals surface area (Å²) in [6, 6.07) is 10.2. The minimum Gasteiger partial charge on any atom is -0.496 e. The van der Waals surface area contributed by atoms with E-state index in [4.69, 9.17) is 4.74 Å². The highest BCUT2D eigenvalue weighted by atomic mass is 79.9. The van der Waals surface area contributed by atoms with Gasteiger partial charge in [-0.05, 0) is 59.1 Å². The number of ether oxygens (including phenoxy) is 1. The number of rotatable bonds is 3. The summed E-state index contributed by atoms with van der Waals surface area (Å²) < 4.78 is 19.7. The predicted molar refractivity (Wildman–Crippen MR) is 80.5 cm³/mol. The molecule has 0 saturated heterocycles. The van der Waals surface area contributed by atoms with Crippen LogP contribution in [-0.4, -0.2) is 12.2 Å². The molecule has 0 amide bonds. The molecule has 2 aromatic carbocycles. The average molecular weight is 339 g/mol. The van der Waals surface area contributed by atoms with Gasteiger partial charge in [-0.2, -0.15) is 0 Å². The summed E-state index contributed by atoms with van der Waals surface area (Å²) in [6.07, 6.45) is 0. The SMILES string of the molecule is COc1ccc([C@](C)(O)c2cccc(Br)c2F)cc1C. The Morgan fingerprint density at radius 2 is 1.95 bits per heavy atom. The van der Waals surface area contributed by atoms with Crippen molar-refractivity contribution in [3.8, 4) is 5.75 Å². The van der Waals surface area contributed by atoms with Gasteiger partial charge in [0.25, 0.3) is 0 Å². The van der Waals surface area contributed by atoms with Gasteiger partial charge < -0.3 is 9.84 Å². The lowest BCUT2D eigenvalue weighted by atomic mass is 9.87. The zero-order valence-electron chi connectivity index (χ0n) is 11.6. The van der Waals surface area contributed by atoms with E-state index in [2.05, 4.69) is 15.9 Å². The molecule has 1 N–H and O–H groups in total. The third-order valence-electron chi connectivity index (χ3n) is 3.43. The van der Waals surface area contributed by atoms with E-state index in [1.54, 1.807) is 50.4 Å². The van der Waals surface area contributed by atoms with Gasteiger partial charge in [-0.1, -0.05) is 18.2 Å². The molecule has 1 atom stereocenters. The number of hydrogen-bond acceptors (Lipinski definition) is 2. The summed E-state index contributed by atoms with van der Waals surface area (Å²) in [4.78, 5) is 0. The highest BCUT2D eigenvalue weighted by molar-refractivity contribution is 9.10. The quantitative estimate of drug-likeness (QED) is 0.910. The van der Waals surface area contributed by atoms with Crippen molar-refractivity contribution in [2.75, 3.05) is 7.11 Å². The van der Waals surface area contributed by atoms with Crippen molar-refractivity contribution in [1.82, 2.24) is 0 Å². The molecule has 106 valence electrons. The Balaban J connectivity index is 2.54. The zero-order valence-corrected chi connectivity index (χ0v) is 13.2. The lowest BCUT2D eigenvalue weighted by Gasteiger charge is -2.26. The van der Waals surface area contributed by atoms with Crippen LogP contribution >= 0.6 is 15.9 Å². The maximum Gasteiger partial charge on any atom is 0.143 e. The number of benzene rings is 2. The monoisotopic (exact) mass is 338 g/mol. The van der Waals surface area contributed by atoms with Crippen LogP contribution in [0.1, 0.15) is 23.6 Å². The summed E-state index contributed by atoms with van der Waals surface area (Å²) >= 11 is 3.14. The van der Waals surface area contributed by atoms with Crippen molar-refractivity contribution in [2.45, 2.75) is 19.4 Å². The van der Waals surface area contributed by atoms with E-state index >= 15 is 0 Å². The lowest BCUT2D eigenvalue weighted by Crippen LogP contribution is -2.24. The van der Waals surface area contributed by atoms with Gasteiger partial charge in [-0.15, -0.1) is 0 Å². The second kappa shape index (κ2) is 5.54. The molecule has 4 heteroatoms. The third-order valence-corrected chi connectivity index (χ3v) is 4.05. The minimum atomic E-state index is -1.41. The number of halogens is 2. The van der Waals surface area contributed by atoms with E-state index < -0.39 is 11.4 Å². The number of methoxy groups -OCH3 is 1. The first kappa shape index (κ1) is 15.0. The molecule has 2 nitrogen and oxygen atoms in total. The van der Waals surface area contributed by atoms with Crippen LogP contribution in [-0.2, 0) is 5.60 Å². The standard InChI is InChI=1S/C16H16BrFO2/c1-10-9-11(7-8-14(10)20-3)16(2,19)12-5-4-6-13(17)15(12)18/h4-9,19H,1-3H3/t16-/m0/s1. The van der Waals surface area contributed by atoms with Gasteiger partial charge in [-0.3, -0.25) is 0 Å². The summed E-state index contributed by atoms with van der Waals surface area (Å²) in [6.45, 7) is 3.47. The van der Waals surface area contributed by atoms with E-state index in [1.165, 1.54) is 0 Å². The molecule has 0 heterocycles. The molecule has 0 saturated carbocycles. The van der Waals surface area contributed by atoms with Crippen molar-refractivity contribution >= 4 is 15.9 Å². The Hall–Kier alpha value is -1.39. The molecule has 20 heavy (non-hydrogen) atoms. The number of hydrogen-bond donors (Lipinski definition) is 1. The lowest BCUT2D eigenvalue weighted by molar-refractivity contribution is 0.0977. The zero-order chi connectivity index (χ0) is 14.9. The topological polar surface area (TPSA) is 29.5 Å². The molecule has 0 spiro atoms. The van der Waals surface area contributed by atoms with Gasteiger partial charge in [0.2, 0.25) is 0 Å². The first-order chi connectivity index (χ1) is 9.37. The molecule has 2 aromatic rings. The maximum absolute atomic E-state index is 14.2. The Labute approximate surface area is 126 Å². The van der Waals surface area contributed by atoms with E-state index in [9.17, 15) is 9.50 Å². The fraction of sp³-hybridized carbons (Fsp3) is 0.250. The molecule has 0 unspecified atom stereocenters. The van der Waals surface area contributed by atoms with Gasteiger partial charge in [0.15, 0.2) is 0 Å². The van der Waals surface area contributed by atoms with Crippen LogP contribution < -0.4 is 4.74 Å². The van der Waals surface area contributed by atoms with Crippen molar-refractivity contribution < 1.29 is 14.2 Å². The van der Waals surface area contributed by atoms with Crippen molar-refractivity contribution in [3.63, 3.8) is 0 Å². The second-order valence-corrected chi connectivity index (χ2v) is 5.71. The summed E-state index contributed by atoms with van der Waals surface area (Å²) in [5, 5.41) is 10.7. The van der Waals surface area contributed by atoms with Crippen LogP contribution in [0.2, 0.25) is 0 Å². The second-order valence-electron chi connectivity index (χ2n) is 4.86. The summed E-state index contributed by atoms with van der Waals surface area (Å²) in [5.41, 5.74) is 0.329. The number of aryl methyl sites for hydroxylation is 1. The Bertz CT molecular complexity index is 638. The predicted octanol–water partition coefficient (Wildman–Crippen LogP) is 4.16. The van der Waals surface area contributed by atoms with Crippen LogP contribution in [0.25, 0.3) is 0 Å². The first-order valence-corrected chi connectivity index (χ1v) is 6.99. The fourth-order valence-electron chi connectivity index (χ4n) is 2.22. The van der Waals surface area contributed by atoms with E-state index in [1.807, 2.05) is 6.92 Å². The van der Waals surface area contributed by atoms with Crippen molar-refractivity contribution in [3.05, 3.63) is 63.4 Å². The molecular formula is C16H16BrFO2. The summed E-state index contributed by atoms with van der Waals surface area (Å²) in [7, 11) is 1.59. The molecule has 0 aromatic heterocycles. The van der Waals surface area contributed by atoms with Crippen molar-refractivity contribution in [2.24, 2.45) is 0 Å². The molecule has 0 aliphatic carbocycles. The third kappa shape index (κ3) is 2.58. The molecule has 0 aliphatic rings. The van der Waals surface area contributed by atoms with Gasteiger partial charge in [0.05, 0.1) is 11.6 Å². The van der Waals surface area contributed by atoms with Gasteiger partial charge >= 0.3 is 0 Å². The van der Waals surface area contributed by atoms with Crippen LogP contribution in [0.3, 0.4) is 0 Å².